The third kappa shape index (κ3) is 8.63. The third-order valence-electron chi connectivity index (χ3n) is 14.7. The first-order valence-electron chi connectivity index (χ1n) is 26.2. The lowest BCUT2D eigenvalue weighted by Gasteiger charge is -2.20. The minimum Gasteiger partial charge on any atom is -0.307 e. The summed E-state index contributed by atoms with van der Waals surface area (Å²) < 4.78 is 48.5. The van der Waals surface area contributed by atoms with Crippen LogP contribution in [0.25, 0.3) is 134 Å². The lowest BCUT2D eigenvalue weighted by atomic mass is 9.94. The maximum absolute atomic E-state index is 14.8. The molecule has 0 aliphatic carbocycles. The Kier molecular flexibility index (Phi) is 11.8. The van der Waals surface area contributed by atoms with Crippen molar-refractivity contribution in [3.8, 4) is 103 Å². The van der Waals surface area contributed by atoms with E-state index in [4.69, 9.17) is 29.9 Å². The predicted molar refractivity (Wildman–Crippen MR) is 314 cm³/mol. The Bertz CT molecular complexity index is 4810. The van der Waals surface area contributed by atoms with E-state index in [0.29, 0.717) is 63.0 Å². The first-order chi connectivity index (χ1) is 40.2. The van der Waals surface area contributed by atoms with Gasteiger partial charge in [-0.05, 0) is 60.2 Å². The number of nitriles is 2. The molecule has 0 N–H and O–H groups in total. The summed E-state index contributed by atoms with van der Waals surface area (Å²) in [4.78, 5) is 30.2. The summed E-state index contributed by atoms with van der Waals surface area (Å²) >= 11 is 0. The second-order valence-electron chi connectivity index (χ2n) is 19.7. The van der Waals surface area contributed by atoms with E-state index in [1.54, 1.807) is 12.1 Å². The summed E-state index contributed by atoms with van der Waals surface area (Å²) in [6, 6.07) is 77.8. The van der Waals surface area contributed by atoms with Gasteiger partial charge in [0.25, 0.3) is 0 Å². The molecule has 4 heterocycles. The van der Waals surface area contributed by atoms with Crippen LogP contribution < -0.4 is 0 Å². The molecule has 10 nitrogen and oxygen atoms in total. The Morgan fingerprint density at radius 1 is 0.317 bits per heavy atom. The number of halogens is 3. The van der Waals surface area contributed by atoms with Crippen LogP contribution in [0, 0.1) is 22.7 Å². The van der Waals surface area contributed by atoms with Gasteiger partial charge in [-0.2, -0.15) is 23.7 Å². The van der Waals surface area contributed by atoms with Crippen LogP contribution in [0.3, 0.4) is 0 Å². The Labute approximate surface area is 466 Å². The van der Waals surface area contributed by atoms with Gasteiger partial charge in [0.15, 0.2) is 34.9 Å². The molecule has 0 fully saturated rings. The van der Waals surface area contributed by atoms with Crippen molar-refractivity contribution in [1.82, 2.24) is 39.0 Å². The molecule has 10 aromatic carbocycles. The summed E-state index contributed by atoms with van der Waals surface area (Å²) in [5.74, 6) is 2.79. The summed E-state index contributed by atoms with van der Waals surface area (Å²) in [5, 5.41) is 25.0. The molecule has 386 valence electrons. The highest BCUT2D eigenvalue weighted by Crippen LogP contribution is 2.44. The summed E-state index contributed by atoms with van der Waals surface area (Å²) in [5.41, 5.74) is 7.75. The molecular weight excluding hydrogens is 1030 g/mol. The minimum atomic E-state index is -4.79. The van der Waals surface area contributed by atoms with Crippen molar-refractivity contribution in [2.45, 2.75) is 6.18 Å². The van der Waals surface area contributed by atoms with Gasteiger partial charge in [0.2, 0.25) is 0 Å². The number of nitrogens with zero attached hydrogens (tertiary/aromatic N) is 10. The van der Waals surface area contributed by atoms with Crippen molar-refractivity contribution < 1.29 is 13.2 Å². The Morgan fingerprint density at radius 3 is 1.07 bits per heavy atom. The van der Waals surface area contributed by atoms with Gasteiger partial charge in [0.1, 0.15) is 0 Å². The van der Waals surface area contributed by atoms with Crippen molar-refractivity contribution >= 4 is 43.6 Å². The first kappa shape index (κ1) is 48.9. The molecule has 0 aliphatic rings. The number of fused-ring (bicyclic) bond motifs is 6. The second-order valence-corrected chi connectivity index (χ2v) is 19.7. The zero-order chi connectivity index (χ0) is 55.5. The van der Waals surface area contributed by atoms with Gasteiger partial charge in [-0.3, -0.25) is 0 Å². The molecule has 82 heavy (non-hydrogen) atoms. The molecule has 0 spiro atoms. The van der Waals surface area contributed by atoms with Crippen LogP contribution in [0.2, 0.25) is 0 Å². The zero-order valence-corrected chi connectivity index (χ0v) is 43.1. The molecule has 14 rings (SSSR count). The average Bonchev–Trinajstić information content (AvgIpc) is 2.65. The van der Waals surface area contributed by atoms with Crippen LogP contribution >= 0.6 is 0 Å². The molecule has 0 aliphatic heterocycles. The van der Waals surface area contributed by atoms with Crippen LogP contribution in [0.1, 0.15) is 16.7 Å². The Morgan fingerprint density at radius 2 is 0.683 bits per heavy atom. The van der Waals surface area contributed by atoms with Crippen LogP contribution in [0.15, 0.2) is 237 Å². The highest BCUT2D eigenvalue weighted by Gasteiger charge is 2.32. The van der Waals surface area contributed by atoms with Gasteiger partial charge in [-0.1, -0.05) is 182 Å². The lowest BCUT2D eigenvalue weighted by Crippen LogP contribution is -2.07. The molecule has 0 amide bonds. The largest absolute Gasteiger partial charge is 0.416 e. The van der Waals surface area contributed by atoms with Gasteiger partial charge in [0.05, 0.1) is 62.3 Å². The number of para-hydroxylation sites is 2. The zero-order valence-electron chi connectivity index (χ0n) is 43.1. The van der Waals surface area contributed by atoms with E-state index >= 15 is 0 Å². The predicted octanol–water partition coefficient (Wildman–Crippen LogP) is 16.7. The molecule has 0 unspecified atom stereocenters. The first-order valence-corrected chi connectivity index (χ1v) is 26.2. The van der Waals surface area contributed by atoms with Crippen molar-refractivity contribution in [2.24, 2.45) is 0 Å². The van der Waals surface area contributed by atoms with Crippen molar-refractivity contribution in [3.05, 3.63) is 253 Å². The maximum atomic E-state index is 14.8. The summed E-state index contributed by atoms with van der Waals surface area (Å²) in [6.07, 6.45) is -4.79. The van der Waals surface area contributed by atoms with Crippen LogP contribution in [0.5, 0.6) is 0 Å². The van der Waals surface area contributed by atoms with E-state index < -0.39 is 11.7 Å². The average molecular weight is 1070 g/mol. The van der Waals surface area contributed by atoms with Crippen LogP contribution in [-0.2, 0) is 6.18 Å². The smallest absolute Gasteiger partial charge is 0.307 e. The lowest BCUT2D eigenvalue weighted by molar-refractivity contribution is -0.137. The molecule has 0 radical (unpaired) electrons. The fourth-order valence-electron chi connectivity index (χ4n) is 10.9. The second kappa shape index (κ2) is 19.8. The van der Waals surface area contributed by atoms with Gasteiger partial charge >= 0.3 is 6.18 Å². The molecule has 0 saturated heterocycles. The molecule has 4 aromatic heterocycles. The number of hydrogen-bond donors (Lipinski definition) is 0. The number of benzene rings is 10. The SMILES string of the molecule is N#Cc1cc(-c2cc(-n3c4ccccc4c4ccc(-c5nc(-c6ccccc6)nc(-c6ccccc6)n5)cc43)c(-n3c4ccccc4c4ccc(-c5nc(-c6ccccc6)nc(-c6ccccc6)n5)cc43)cc2C#N)cc(C(F)(F)F)c1. The van der Waals surface area contributed by atoms with Gasteiger partial charge in [-0.15, -0.1) is 0 Å². The molecule has 0 bridgehead atoms. The van der Waals surface area contributed by atoms with Crippen LogP contribution in [-0.4, -0.2) is 39.0 Å². The van der Waals surface area contributed by atoms with Gasteiger partial charge < -0.3 is 9.13 Å². The molecule has 0 saturated carbocycles. The maximum Gasteiger partial charge on any atom is 0.416 e. The molecule has 0 atom stereocenters. The quantitative estimate of drug-likeness (QED) is 0.139. The normalized spacial score (nSPS) is 11.6. The minimum absolute atomic E-state index is 0.0482. The van der Waals surface area contributed by atoms with Crippen molar-refractivity contribution in [2.75, 3.05) is 0 Å². The van der Waals surface area contributed by atoms with E-state index in [9.17, 15) is 23.7 Å². The highest BCUT2D eigenvalue weighted by atomic mass is 19.4. The van der Waals surface area contributed by atoms with Gasteiger partial charge in [-0.25, -0.2) is 29.9 Å². The number of rotatable bonds is 9. The molecule has 14 aromatic rings. The third-order valence-corrected chi connectivity index (χ3v) is 14.7. The number of hydrogen-bond acceptors (Lipinski definition) is 8. The number of aromatic nitrogens is 8. The molecule has 13 heteroatoms. The Balaban J connectivity index is 1.07. The summed E-state index contributed by atoms with van der Waals surface area (Å²) in [6.45, 7) is 0. The summed E-state index contributed by atoms with van der Waals surface area (Å²) in [7, 11) is 0. The topological polar surface area (TPSA) is 135 Å². The fraction of sp³-hybridized carbons (Fsp3) is 0.0145. The van der Waals surface area contributed by atoms with Crippen molar-refractivity contribution in [1.29, 1.82) is 10.5 Å². The Hall–Kier alpha value is -11.4. The van der Waals surface area contributed by atoms with E-state index in [1.165, 1.54) is 6.07 Å². The molecular formula is C69H39F3N10. The van der Waals surface area contributed by atoms with Crippen LogP contribution in [0.4, 0.5) is 13.2 Å². The van der Waals surface area contributed by atoms with E-state index in [2.05, 4.69) is 15.2 Å². The van der Waals surface area contributed by atoms with Crippen molar-refractivity contribution in [3.63, 3.8) is 0 Å². The highest BCUT2D eigenvalue weighted by molar-refractivity contribution is 6.13. The van der Waals surface area contributed by atoms with E-state index in [-0.39, 0.29) is 22.3 Å². The monoisotopic (exact) mass is 1060 g/mol. The standard InChI is InChI=1S/C69H39F3N10/c70-69(71,72)51-34-42(40-73)33-49(35-51)56-39-62(82-58-28-16-14-26-53(58)55-32-30-48(37-60(55)82)68-79-65(45-21-9-3-10-22-45)76-66(80-68)46-23-11-4-12-24-46)61(38-50(56)41-74)81-57-27-15-13-25-52(57)54-31-29-47(36-59(54)81)67-77-63(43-17-5-1-6-18-43)75-64(78-67)44-19-7-2-8-20-44/h1-39H. The van der Waals surface area contributed by atoms with E-state index in [1.807, 2.05) is 212 Å². The van der Waals surface area contributed by atoms with E-state index in [0.717, 1.165) is 72.5 Å². The number of alkyl halides is 3. The van der Waals surface area contributed by atoms with Gasteiger partial charge in [0, 0.05) is 60.5 Å². The fourth-order valence-corrected chi connectivity index (χ4v) is 10.9.